The van der Waals surface area contributed by atoms with E-state index in [1.807, 2.05) is 48.5 Å². The fourth-order valence-corrected chi connectivity index (χ4v) is 5.38. The van der Waals surface area contributed by atoms with E-state index in [2.05, 4.69) is 33.5 Å². The van der Waals surface area contributed by atoms with Crippen LogP contribution in [0.3, 0.4) is 0 Å². The van der Waals surface area contributed by atoms with Gasteiger partial charge in [0.1, 0.15) is 0 Å². The fourth-order valence-electron chi connectivity index (χ4n) is 2.78. The van der Waals surface area contributed by atoms with E-state index in [-0.39, 0.29) is 0 Å². The van der Waals surface area contributed by atoms with Gasteiger partial charge < -0.3 is 0 Å². The molecule has 0 aliphatic heterocycles. The smallest absolute Gasteiger partial charge is 0.192 e. The molecule has 0 amide bonds. The first-order valence-corrected chi connectivity index (χ1v) is 10.3. The molecule has 0 unspecified atom stereocenters. The molecule has 26 heavy (non-hydrogen) atoms. The topological polar surface area (TPSA) is 30.7 Å². The number of hydrogen-bond acceptors (Lipinski definition) is 4. The van der Waals surface area contributed by atoms with Crippen LogP contribution in [0.5, 0.6) is 0 Å². The molecule has 0 aliphatic rings. The molecule has 0 aliphatic carbocycles. The van der Waals surface area contributed by atoms with Crippen LogP contribution in [0.2, 0.25) is 5.02 Å². The number of thioether (sulfide) groups is 1. The standard InChI is InChI=1S/C20H16ClN3S2/c1-2-12-24-19(14-8-4-3-5-9-14)22-23-20(24)25-13-17-18(21)15-10-6-7-11-16(15)26-17/h2-11H,1,12-13H2. The van der Waals surface area contributed by atoms with Gasteiger partial charge in [-0.25, -0.2) is 0 Å². The summed E-state index contributed by atoms with van der Waals surface area (Å²) in [4.78, 5) is 1.16. The van der Waals surface area contributed by atoms with Crippen molar-refractivity contribution in [1.82, 2.24) is 14.8 Å². The molecule has 2 aromatic heterocycles. The van der Waals surface area contributed by atoms with E-state index in [1.165, 1.54) is 4.70 Å². The van der Waals surface area contributed by atoms with Gasteiger partial charge in [0.25, 0.3) is 0 Å². The van der Waals surface area contributed by atoms with Gasteiger partial charge in [0, 0.05) is 32.8 Å². The Balaban J connectivity index is 1.62. The van der Waals surface area contributed by atoms with Crippen LogP contribution >= 0.6 is 34.7 Å². The summed E-state index contributed by atoms with van der Waals surface area (Å²) in [5, 5.41) is 11.6. The van der Waals surface area contributed by atoms with E-state index >= 15 is 0 Å². The number of fused-ring (bicyclic) bond motifs is 1. The maximum Gasteiger partial charge on any atom is 0.192 e. The third-order valence-corrected chi connectivity index (χ3v) is 6.88. The Morgan fingerprint density at radius 3 is 2.62 bits per heavy atom. The minimum absolute atomic E-state index is 0.666. The number of thiophene rings is 1. The molecule has 6 heteroatoms. The van der Waals surface area contributed by atoms with E-state index in [0.29, 0.717) is 6.54 Å². The number of halogens is 1. The van der Waals surface area contributed by atoms with Crippen LogP contribution < -0.4 is 0 Å². The van der Waals surface area contributed by atoms with Gasteiger partial charge in [-0.3, -0.25) is 4.57 Å². The minimum atomic E-state index is 0.666. The van der Waals surface area contributed by atoms with Crippen LogP contribution in [-0.2, 0) is 12.3 Å². The summed E-state index contributed by atoms with van der Waals surface area (Å²) in [6.45, 7) is 4.53. The van der Waals surface area contributed by atoms with E-state index in [4.69, 9.17) is 11.6 Å². The molecule has 0 fully saturated rings. The predicted molar refractivity (Wildman–Crippen MR) is 112 cm³/mol. The maximum absolute atomic E-state index is 6.56. The Morgan fingerprint density at radius 2 is 1.85 bits per heavy atom. The molecule has 2 aromatic carbocycles. The fraction of sp³-hybridized carbons (Fsp3) is 0.100. The first-order valence-electron chi connectivity index (χ1n) is 8.16. The number of aromatic nitrogens is 3. The van der Waals surface area contributed by atoms with Crippen LogP contribution in [-0.4, -0.2) is 14.8 Å². The molecule has 0 saturated carbocycles. The van der Waals surface area contributed by atoms with Crippen molar-refractivity contribution in [3.63, 3.8) is 0 Å². The Bertz CT molecular complexity index is 1050. The second-order valence-corrected chi connectivity index (χ2v) is 8.15. The van der Waals surface area contributed by atoms with E-state index in [0.717, 1.165) is 37.6 Å². The van der Waals surface area contributed by atoms with E-state index < -0.39 is 0 Å². The van der Waals surface area contributed by atoms with Gasteiger partial charge in [-0.2, -0.15) is 0 Å². The maximum atomic E-state index is 6.56. The molecule has 0 spiro atoms. The molecule has 0 radical (unpaired) electrons. The quantitative estimate of drug-likeness (QED) is 0.283. The van der Waals surface area contributed by atoms with Crippen LogP contribution in [0.25, 0.3) is 21.5 Å². The minimum Gasteiger partial charge on any atom is -0.298 e. The molecule has 4 rings (SSSR count). The third-order valence-electron chi connectivity index (χ3n) is 3.99. The average Bonchev–Trinajstić information content (AvgIpc) is 3.22. The number of nitrogens with zero attached hydrogens (tertiary/aromatic N) is 3. The first-order chi connectivity index (χ1) is 12.8. The molecule has 0 saturated heterocycles. The van der Waals surface area contributed by atoms with Gasteiger partial charge in [0.05, 0.1) is 5.02 Å². The molecule has 0 atom stereocenters. The Labute approximate surface area is 165 Å². The van der Waals surface area contributed by atoms with Gasteiger partial charge in [-0.05, 0) is 6.07 Å². The Hall–Kier alpha value is -2.08. The molecule has 3 nitrogen and oxygen atoms in total. The lowest BCUT2D eigenvalue weighted by Gasteiger charge is -2.07. The van der Waals surface area contributed by atoms with Gasteiger partial charge in [-0.15, -0.1) is 28.1 Å². The summed E-state index contributed by atoms with van der Waals surface area (Å²) >= 11 is 9.95. The van der Waals surface area contributed by atoms with Gasteiger partial charge in [0.2, 0.25) is 0 Å². The molecular weight excluding hydrogens is 382 g/mol. The van der Waals surface area contributed by atoms with Crippen molar-refractivity contribution in [1.29, 1.82) is 0 Å². The van der Waals surface area contributed by atoms with E-state index in [9.17, 15) is 0 Å². The Kier molecular flexibility index (Phi) is 5.11. The number of allylic oxidation sites excluding steroid dienone is 1. The number of hydrogen-bond donors (Lipinski definition) is 0. The van der Waals surface area contributed by atoms with Gasteiger partial charge >= 0.3 is 0 Å². The molecule has 2 heterocycles. The van der Waals surface area contributed by atoms with Crippen molar-refractivity contribution in [2.75, 3.05) is 0 Å². The zero-order chi connectivity index (χ0) is 17.9. The highest BCUT2D eigenvalue weighted by atomic mass is 35.5. The monoisotopic (exact) mass is 397 g/mol. The largest absolute Gasteiger partial charge is 0.298 e. The van der Waals surface area contributed by atoms with Crippen LogP contribution in [0.1, 0.15) is 4.88 Å². The predicted octanol–water partition coefficient (Wildman–Crippen LogP) is 6.29. The summed E-state index contributed by atoms with van der Waals surface area (Å²) in [7, 11) is 0. The zero-order valence-electron chi connectivity index (χ0n) is 13.9. The first kappa shape index (κ1) is 17.3. The highest BCUT2D eigenvalue weighted by Gasteiger charge is 2.15. The lowest BCUT2D eigenvalue weighted by atomic mass is 10.2. The summed E-state index contributed by atoms with van der Waals surface area (Å²) in [6.07, 6.45) is 1.87. The summed E-state index contributed by atoms with van der Waals surface area (Å²) in [5.41, 5.74) is 1.05. The van der Waals surface area contributed by atoms with Crippen LogP contribution in [0.15, 0.2) is 72.4 Å². The lowest BCUT2D eigenvalue weighted by Crippen LogP contribution is -2.00. The van der Waals surface area contributed by atoms with Gasteiger partial charge in [0.15, 0.2) is 11.0 Å². The molecule has 0 N–H and O–H groups in total. The Morgan fingerprint density at radius 1 is 1.08 bits per heavy atom. The normalized spacial score (nSPS) is 11.1. The molecule has 0 bridgehead atoms. The molecular formula is C20H16ClN3S2. The highest BCUT2D eigenvalue weighted by molar-refractivity contribution is 7.98. The second-order valence-electron chi connectivity index (χ2n) is 5.70. The number of rotatable bonds is 6. The van der Waals surface area contributed by atoms with E-state index in [1.54, 1.807) is 23.1 Å². The van der Waals surface area contributed by atoms with Crippen LogP contribution in [0.4, 0.5) is 0 Å². The summed E-state index contributed by atoms with van der Waals surface area (Å²) in [6, 6.07) is 18.3. The summed E-state index contributed by atoms with van der Waals surface area (Å²) in [5.74, 6) is 1.62. The second kappa shape index (κ2) is 7.66. The van der Waals surface area contributed by atoms with Crippen molar-refractivity contribution >= 4 is 44.8 Å². The molecule has 4 aromatic rings. The third kappa shape index (κ3) is 3.30. The zero-order valence-corrected chi connectivity index (χ0v) is 16.3. The van der Waals surface area contributed by atoms with Crippen LogP contribution in [0, 0.1) is 0 Å². The van der Waals surface area contributed by atoms with Crippen molar-refractivity contribution in [3.8, 4) is 11.4 Å². The SMILES string of the molecule is C=CCn1c(SCc2sc3ccccc3c2Cl)nnc1-c1ccccc1. The average molecular weight is 398 g/mol. The number of benzene rings is 2. The van der Waals surface area contributed by atoms with Gasteiger partial charge in [-0.1, -0.05) is 78.0 Å². The van der Waals surface area contributed by atoms with Crippen molar-refractivity contribution in [2.45, 2.75) is 17.5 Å². The summed E-state index contributed by atoms with van der Waals surface area (Å²) < 4.78 is 3.31. The van der Waals surface area contributed by atoms with Crippen molar-refractivity contribution in [2.24, 2.45) is 0 Å². The highest BCUT2D eigenvalue weighted by Crippen LogP contribution is 2.38. The van der Waals surface area contributed by atoms with Crippen molar-refractivity contribution in [3.05, 3.63) is 77.2 Å². The lowest BCUT2D eigenvalue weighted by molar-refractivity contribution is 0.731. The molecule has 130 valence electrons. The van der Waals surface area contributed by atoms with Crippen molar-refractivity contribution < 1.29 is 0 Å².